The number of hydrogen-bond acceptors (Lipinski definition) is 3. The van der Waals surface area contributed by atoms with E-state index in [-0.39, 0.29) is 0 Å². The minimum absolute atomic E-state index is 0.889. The number of hydrogen-bond donors (Lipinski definition) is 1. The third-order valence-corrected chi connectivity index (χ3v) is 2.48. The van der Waals surface area contributed by atoms with E-state index in [1.165, 1.54) is 5.56 Å². The Balaban J connectivity index is 2.98. The van der Waals surface area contributed by atoms with E-state index in [0.29, 0.717) is 0 Å². The largest absolute Gasteiger partial charge is 0.496 e. The van der Waals surface area contributed by atoms with Gasteiger partial charge < -0.3 is 14.8 Å². The number of rotatable bonds is 5. The van der Waals surface area contributed by atoms with Crippen LogP contribution in [0.1, 0.15) is 11.1 Å². The molecule has 15 heavy (non-hydrogen) atoms. The summed E-state index contributed by atoms with van der Waals surface area (Å²) in [5, 5.41) is 3.12. The molecule has 84 valence electrons. The molecule has 0 spiro atoms. The number of ether oxygens (including phenoxy) is 2. The first-order valence-corrected chi connectivity index (χ1v) is 5.09. The summed E-state index contributed by atoms with van der Waals surface area (Å²) in [6.07, 6.45) is 0.976. The Labute approximate surface area is 91.4 Å². The summed E-state index contributed by atoms with van der Waals surface area (Å²) in [5.74, 6) is 1.78. The maximum absolute atomic E-state index is 5.31. The molecule has 3 nitrogen and oxygen atoms in total. The van der Waals surface area contributed by atoms with Gasteiger partial charge in [-0.3, -0.25) is 0 Å². The minimum Gasteiger partial charge on any atom is -0.496 e. The zero-order chi connectivity index (χ0) is 11.3. The van der Waals surface area contributed by atoms with Crippen LogP contribution in [0.15, 0.2) is 12.1 Å². The second-order valence-corrected chi connectivity index (χ2v) is 3.48. The normalized spacial score (nSPS) is 10.1. The smallest absolute Gasteiger partial charge is 0.125 e. The lowest BCUT2D eigenvalue weighted by atomic mass is 10.1. The number of methoxy groups -OCH3 is 2. The fourth-order valence-electron chi connectivity index (χ4n) is 1.55. The molecule has 0 amide bonds. The molecule has 0 aromatic heterocycles. The molecule has 1 aromatic carbocycles. The van der Waals surface area contributed by atoms with Gasteiger partial charge in [-0.1, -0.05) is 0 Å². The Morgan fingerprint density at radius 2 is 1.67 bits per heavy atom. The van der Waals surface area contributed by atoms with Crippen molar-refractivity contribution < 1.29 is 9.47 Å². The molecule has 0 aliphatic heterocycles. The summed E-state index contributed by atoms with van der Waals surface area (Å²) < 4.78 is 10.6. The third-order valence-electron chi connectivity index (χ3n) is 2.48. The lowest BCUT2D eigenvalue weighted by molar-refractivity contribution is 0.388. The molecule has 1 N–H and O–H groups in total. The van der Waals surface area contributed by atoms with Crippen LogP contribution in [-0.4, -0.2) is 27.8 Å². The molecule has 3 heteroatoms. The van der Waals surface area contributed by atoms with Crippen molar-refractivity contribution in [1.29, 1.82) is 0 Å². The first-order valence-electron chi connectivity index (χ1n) is 5.09. The van der Waals surface area contributed by atoms with Crippen LogP contribution in [0.25, 0.3) is 0 Å². The average Bonchev–Trinajstić information content (AvgIpc) is 2.27. The Morgan fingerprint density at radius 1 is 1.13 bits per heavy atom. The van der Waals surface area contributed by atoms with Crippen LogP contribution in [0.2, 0.25) is 0 Å². The standard InChI is InChI=1S/C12H19NO2/c1-9-11(14-3)7-10(5-6-13-2)8-12(9)15-4/h7-8,13H,5-6H2,1-4H3. The molecule has 0 bridgehead atoms. The lowest BCUT2D eigenvalue weighted by Gasteiger charge is -2.12. The fourth-order valence-corrected chi connectivity index (χ4v) is 1.55. The minimum atomic E-state index is 0.889. The Morgan fingerprint density at radius 3 is 2.07 bits per heavy atom. The molecule has 1 aromatic rings. The fraction of sp³-hybridized carbons (Fsp3) is 0.500. The summed E-state index contributed by atoms with van der Waals surface area (Å²) in [6, 6.07) is 4.13. The zero-order valence-electron chi connectivity index (χ0n) is 9.89. The van der Waals surface area contributed by atoms with Gasteiger partial charge in [0.15, 0.2) is 0 Å². The van der Waals surface area contributed by atoms with Crippen molar-refractivity contribution in [2.75, 3.05) is 27.8 Å². The molecule has 0 aliphatic carbocycles. The maximum atomic E-state index is 5.31. The lowest BCUT2D eigenvalue weighted by Crippen LogP contribution is -2.10. The second kappa shape index (κ2) is 5.61. The van der Waals surface area contributed by atoms with Gasteiger partial charge in [0, 0.05) is 5.56 Å². The van der Waals surface area contributed by atoms with Crippen LogP contribution < -0.4 is 14.8 Å². The van der Waals surface area contributed by atoms with Gasteiger partial charge in [0.2, 0.25) is 0 Å². The first-order chi connectivity index (χ1) is 7.22. The van der Waals surface area contributed by atoms with Gasteiger partial charge in [-0.2, -0.15) is 0 Å². The van der Waals surface area contributed by atoms with E-state index in [4.69, 9.17) is 9.47 Å². The molecule has 0 unspecified atom stereocenters. The van der Waals surface area contributed by atoms with Crippen molar-refractivity contribution in [1.82, 2.24) is 5.32 Å². The highest BCUT2D eigenvalue weighted by Gasteiger charge is 2.07. The zero-order valence-corrected chi connectivity index (χ0v) is 9.89. The summed E-state index contributed by atoms with van der Waals surface area (Å²) >= 11 is 0. The quantitative estimate of drug-likeness (QED) is 0.801. The van der Waals surface area contributed by atoms with Crippen molar-refractivity contribution in [2.45, 2.75) is 13.3 Å². The molecule has 0 aliphatic rings. The van der Waals surface area contributed by atoms with Crippen LogP contribution in [0, 0.1) is 6.92 Å². The van der Waals surface area contributed by atoms with Gasteiger partial charge in [-0.25, -0.2) is 0 Å². The molecule has 0 atom stereocenters. The molecule has 1 rings (SSSR count). The highest BCUT2D eigenvalue weighted by molar-refractivity contribution is 5.47. The number of likely N-dealkylation sites (N-methyl/N-ethyl adjacent to an activating group) is 1. The van der Waals surface area contributed by atoms with Gasteiger partial charge in [0.1, 0.15) is 11.5 Å². The predicted molar refractivity (Wildman–Crippen MR) is 61.9 cm³/mol. The van der Waals surface area contributed by atoms with Gasteiger partial charge in [0.05, 0.1) is 14.2 Å². The van der Waals surface area contributed by atoms with E-state index >= 15 is 0 Å². The van der Waals surface area contributed by atoms with Crippen molar-refractivity contribution in [3.63, 3.8) is 0 Å². The van der Waals surface area contributed by atoms with Gasteiger partial charge in [0.25, 0.3) is 0 Å². The van der Waals surface area contributed by atoms with Crippen molar-refractivity contribution in [2.24, 2.45) is 0 Å². The average molecular weight is 209 g/mol. The Hall–Kier alpha value is -1.22. The first kappa shape index (κ1) is 11.9. The van der Waals surface area contributed by atoms with E-state index in [1.807, 2.05) is 14.0 Å². The van der Waals surface area contributed by atoms with Crippen LogP contribution >= 0.6 is 0 Å². The van der Waals surface area contributed by atoms with Crippen LogP contribution in [0.3, 0.4) is 0 Å². The highest BCUT2D eigenvalue weighted by atomic mass is 16.5. The summed E-state index contributed by atoms with van der Waals surface area (Å²) in [7, 11) is 5.32. The van der Waals surface area contributed by atoms with Crippen LogP contribution in [0.4, 0.5) is 0 Å². The second-order valence-electron chi connectivity index (χ2n) is 3.48. The van der Waals surface area contributed by atoms with E-state index < -0.39 is 0 Å². The van der Waals surface area contributed by atoms with Gasteiger partial charge in [-0.05, 0) is 44.6 Å². The summed E-state index contributed by atoms with van der Waals surface area (Å²) in [6.45, 7) is 2.95. The number of nitrogens with one attached hydrogen (secondary N) is 1. The molecule has 0 radical (unpaired) electrons. The van der Waals surface area contributed by atoms with Gasteiger partial charge in [-0.15, -0.1) is 0 Å². The third kappa shape index (κ3) is 2.86. The molecular weight excluding hydrogens is 190 g/mol. The molecule has 0 saturated heterocycles. The topological polar surface area (TPSA) is 30.5 Å². The van der Waals surface area contributed by atoms with Crippen molar-refractivity contribution in [3.8, 4) is 11.5 Å². The number of benzene rings is 1. The molecular formula is C12H19NO2. The van der Waals surface area contributed by atoms with E-state index in [9.17, 15) is 0 Å². The van der Waals surface area contributed by atoms with Crippen LogP contribution in [-0.2, 0) is 6.42 Å². The van der Waals surface area contributed by atoms with Gasteiger partial charge >= 0.3 is 0 Å². The predicted octanol–water partition coefficient (Wildman–Crippen LogP) is 1.77. The van der Waals surface area contributed by atoms with E-state index in [2.05, 4.69) is 17.4 Å². The maximum Gasteiger partial charge on any atom is 0.125 e. The highest BCUT2D eigenvalue weighted by Crippen LogP contribution is 2.29. The molecule has 0 heterocycles. The van der Waals surface area contributed by atoms with Crippen molar-refractivity contribution >= 4 is 0 Å². The SMILES string of the molecule is CNCCc1cc(OC)c(C)c(OC)c1. The molecule has 0 fully saturated rings. The monoisotopic (exact) mass is 209 g/mol. The van der Waals surface area contributed by atoms with E-state index in [0.717, 1.165) is 30.0 Å². The Kier molecular flexibility index (Phi) is 4.43. The Bertz CT molecular complexity index is 298. The van der Waals surface area contributed by atoms with Crippen LogP contribution in [0.5, 0.6) is 11.5 Å². The van der Waals surface area contributed by atoms with E-state index in [1.54, 1.807) is 14.2 Å². The van der Waals surface area contributed by atoms with Crippen molar-refractivity contribution in [3.05, 3.63) is 23.3 Å². The summed E-state index contributed by atoms with van der Waals surface area (Å²) in [4.78, 5) is 0. The molecule has 0 saturated carbocycles. The summed E-state index contributed by atoms with van der Waals surface area (Å²) in [5.41, 5.74) is 2.27.